The van der Waals surface area contributed by atoms with Gasteiger partial charge in [0.15, 0.2) is 6.10 Å². The number of nitrogens with zero attached hydrogens (tertiary/aromatic N) is 2. The van der Waals surface area contributed by atoms with Gasteiger partial charge in [0.2, 0.25) is 0 Å². The van der Waals surface area contributed by atoms with E-state index in [2.05, 4.69) is 15.0 Å². The van der Waals surface area contributed by atoms with Gasteiger partial charge in [-0.05, 0) is 48.0 Å². The molecule has 0 aromatic carbocycles. The Kier molecular flexibility index (Phi) is 11.1. The first-order valence-electron chi connectivity index (χ1n) is 9.45. The van der Waals surface area contributed by atoms with E-state index in [1.165, 1.54) is 0 Å². The second-order valence-corrected chi connectivity index (χ2v) is 8.42. The molecule has 2 atom stereocenters. The largest absolute Gasteiger partial charge is 0.463 e. The van der Waals surface area contributed by atoms with E-state index in [4.69, 9.17) is 14.2 Å². The molecule has 15 heteroatoms. The van der Waals surface area contributed by atoms with Crippen molar-refractivity contribution in [3.63, 3.8) is 0 Å². The number of hydrogen-bond donors (Lipinski definition) is 1. The minimum Gasteiger partial charge on any atom is -0.463 e. The number of esters is 2. The van der Waals surface area contributed by atoms with E-state index < -0.39 is 71.2 Å². The lowest BCUT2D eigenvalue weighted by Crippen LogP contribution is -2.46. The highest BCUT2D eigenvalue weighted by atomic mass is 17.0. The Morgan fingerprint density at radius 2 is 1.47 bits per heavy atom. The highest BCUT2D eigenvalue weighted by Crippen LogP contribution is 2.13. The molecule has 1 N–H and O–H groups in total. The number of nitrogens with one attached hydrogen (secondary N) is 1. The summed E-state index contributed by atoms with van der Waals surface area (Å²) in [7, 11) is 0. The van der Waals surface area contributed by atoms with Gasteiger partial charge in [0.25, 0.3) is 10.2 Å². The molecular weight excluding hydrogens is 438 g/mol. The van der Waals surface area contributed by atoms with Gasteiger partial charge in [-0.15, -0.1) is 20.2 Å². The average molecular weight is 467 g/mol. The standard InChI is InChI=1S/C17H29N3O12/c1-16(2,3)30-14(22)12(18-15(23)31-17(4,5)6)7-8-13(21)28-9-11(32-20(26)27)10-29-19(24)25/h11-12H,7-10H2,1-6H3,(H,18,23)/t11-,12+/m1/s1. The summed E-state index contributed by atoms with van der Waals surface area (Å²) in [5.41, 5.74) is -1.70. The van der Waals surface area contributed by atoms with Crippen LogP contribution >= 0.6 is 0 Å². The zero-order valence-electron chi connectivity index (χ0n) is 18.8. The Morgan fingerprint density at radius 3 is 1.94 bits per heavy atom. The second kappa shape index (κ2) is 12.5. The summed E-state index contributed by atoms with van der Waals surface area (Å²) in [6.07, 6.45) is -3.08. The minimum absolute atomic E-state index is 0.237. The van der Waals surface area contributed by atoms with E-state index in [-0.39, 0.29) is 6.42 Å². The van der Waals surface area contributed by atoms with Crippen LogP contribution in [0.1, 0.15) is 54.4 Å². The van der Waals surface area contributed by atoms with E-state index in [9.17, 15) is 34.6 Å². The van der Waals surface area contributed by atoms with Crippen molar-refractivity contribution in [3.8, 4) is 0 Å². The smallest absolute Gasteiger partial charge is 0.408 e. The highest BCUT2D eigenvalue weighted by Gasteiger charge is 2.29. The lowest BCUT2D eigenvalue weighted by molar-refractivity contribution is -0.790. The molecule has 0 radical (unpaired) electrons. The quantitative estimate of drug-likeness (QED) is 0.187. The molecule has 0 aliphatic heterocycles. The molecule has 0 saturated heterocycles. The third-order valence-electron chi connectivity index (χ3n) is 3.05. The van der Waals surface area contributed by atoms with E-state index in [1.54, 1.807) is 41.5 Å². The van der Waals surface area contributed by atoms with Gasteiger partial charge in [-0.2, -0.15) is 0 Å². The first-order chi connectivity index (χ1) is 14.5. The maximum Gasteiger partial charge on any atom is 0.408 e. The number of amides is 1. The van der Waals surface area contributed by atoms with Crippen molar-refractivity contribution in [3.05, 3.63) is 20.2 Å². The van der Waals surface area contributed by atoms with Crippen LogP contribution < -0.4 is 5.32 Å². The third-order valence-corrected chi connectivity index (χ3v) is 3.05. The van der Waals surface area contributed by atoms with Crippen LogP contribution in [-0.4, -0.2) is 64.8 Å². The van der Waals surface area contributed by atoms with Gasteiger partial charge >= 0.3 is 18.0 Å². The summed E-state index contributed by atoms with van der Waals surface area (Å²) in [4.78, 5) is 65.1. The lowest BCUT2D eigenvalue weighted by atomic mass is 10.1. The lowest BCUT2D eigenvalue weighted by Gasteiger charge is -2.26. The van der Waals surface area contributed by atoms with E-state index in [0.717, 1.165) is 0 Å². The van der Waals surface area contributed by atoms with Gasteiger partial charge in [0.05, 0.1) is 0 Å². The SMILES string of the molecule is CC(C)(C)OC(=O)N[C@@H](CCC(=O)OC[C@H](CO[N+](=O)[O-])O[N+](=O)[O-])C(=O)OC(C)(C)C. The molecule has 0 aromatic rings. The van der Waals surface area contributed by atoms with Gasteiger partial charge in [-0.3, -0.25) is 4.79 Å². The first kappa shape index (κ1) is 28.6. The Labute approximate surface area is 183 Å². The fourth-order valence-electron chi connectivity index (χ4n) is 1.97. The number of carbonyl (C=O) groups excluding carboxylic acids is 3. The van der Waals surface area contributed by atoms with E-state index in [0.29, 0.717) is 0 Å². The average Bonchev–Trinajstić information content (AvgIpc) is 2.57. The molecule has 0 unspecified atom stereocenters. The van der Waals surface area contributed by atoms with Crippen molar-refractivity contribution in [1.29, 1.82) is 0 Å². The van der Waals surface area contributed by atoms with Crippen LogP contribution in [0.5, 0.6) is 0 Å². The molecular formula is C17H29N3O12. The predicted octanol–water partition coefficient (Wildman–Crippen LogP) is 1.33. The zero-order valence-corrected chi connectivity index (χ0v) is 18.8. The molecule has 0 aliphatic rings. The summed E-state index contributed by atoms with van der Waals surface area (Å²) < 4.78 is 15.1. The maximum absolute atomic E-state index is 12.4. The Morgan fingerprint density at radius 1 is 0.906 bits per heavy atom. The number of hydrogen-bond acceptors (Lipinski definition) is 12. The summed E-state index contributed by atoms with van der Waals surface area (Å²) in [6.45, 7) is 8.16. The summed E-state index contributed by atoms with van der Waals surface area (Å²) in [5, 5.41) is 20.5. The molecule has 184 valence electrons. The zero-order chi connectivity index (χ0) is 25.1. The summed E-state index contributed by atoms with van der Waals surface area (Å²) in [6, 6.07) is -1.25. The van der Waals surface area contributed by atoms with Crippen molar-refractivity contribution < 1.29 is 48.4 Å². The molecule has 0 rings (SSSR count). The molecule has 0 bridgehead atoms. The van der Waals surface area contributed by atoms with Crippen LogP contribution in [0, 0.1) is 20.2 Å². The Bertz CT molecular complexity index is 683. The first-order valence-corrected chi connectivity index (χ1v) is 9.45. The number of ether oxygens (including phenoxy) is 3. The molecule has 0 saturated carbocycles. The second-order valence-electron chi connectivity index (χ2n) is 8.42. The van der Waals surface area contributed by atoms with Crippen molar-refractivity contribution in [1.82, 2.24) is 5.32 Å². The normalized spacial score (nSPS) is 13.2. The van der Waals surface area contributed by atoms with Crippen LogP contribution in [0.15, 0.2) is 0 Å². The van der Waals surface area contributed by atoms with Crippen molar-refractivity contribution in [2.24, 2.45) is 0 Å². The monoisotopic (exact) mass is 467 g/mol. The van der Waals surface area contributed by atoms with Crippen LogP contribution in [0.4, 0.5) is 4.79 Å². The van der Waals surface area contributed by atoms with Crippen LogP contribution in [-0.2, 0) is 33.5 Å². The Balaban J connectivity index is 4.94. The summed E-state index contributed by atoms with van der Waals surface area (Å²) in [5.74, 6) is -1.73. The fraction of sp³-hybridized carbons (Fsp3) is 0.824. The van der Waals surface area contributed by atoms with Crippen molar-refractivity contribution >= 4 is 18.0 Å². The third kappa shape index (κ3) is 15.4. The van der Waals surface area contributed by atoms with Crippen LogP contribution in [0.2, 0.25) is 0 Å². The van der Waals surface area contributed by atoms with Gasteiger partial charge < -0.3 is 29.2 Å². The van der Waals surface area contributed by atoms with E-state index >= 15 is 0 Å². The van der Waals surface area contributed by atoms with Gasteiger partial charge in [-0.1, -0.05) is 0 Å². The maximum atomic E-state index is 12.4. The topological polar surface area (TPSA) is 196 Å². The van der Waals surface area contributed by atoms with Gasteiger partial charge in [0.1, 0.15) is 30.5 Å². The van der Waals surface area contributed by atoms with Crippen molar-refractivity contribution in [2.75, 3.05) is 13.2 Å². The molecule has 0 aliphatic carbocycles. The summed E-state index contributed by atoms with van der Waals surface area (Å²) >= 11 is 0. The van der Waals surface area contributed by atoms with Gasteiger partial charge in [0, 0.05) is 6.42 Å². The van der Waals surface area contributed by atoms with Crippen LogP contribution in [0.3, 0.4) is 0 Å². The predicted molar refractivity (Wildman–Crippen MR) is 104 cm³/mol. The molecule has 1 amide bonds. The molecule has 0 fully saturated rings. The number of rotatable bonds is 12. The van der Waals surface area contributed by atoms with Crippen molar-refractivity contribution in [2.45, 2.75) is 77.7 Å². The molecule has 32 heavy (non-hydrogen) atoms. The van der Waals surface area contributed by atoms with Gasteiger partial charge in [-0.25, -0.2) is 9.59 Å². The molecule has 0 heterocycles. The number of alkyl carbamates (subject to hydrolysis) is 1. The molecule has 0 spiro atoms. The van der Waals surface area contributed by atoms with Crippen LogP contribution in [0.25, 0.3) is 0 Å². The number of carbonyl (C=O) groups is 3. The fourth-order valence-corrected chi connectivity index (χ4v) is 1.97. The highest BCUT2D eigenvalue weighted by molar-refractivity contribution is 5.82. The molecule has 15 nitrogen and oxygen atoms in total. The molecule has 0 aromatic heterocycles. The Hall–Kier alpha value is -3.39. The van der Waals surface area contributed by atoms with E-state index in [1.807, 2.05) is 0 Å². The minimum atomic E-state index is -1.54.